The lowest BCUT2D eigenvalue weighted by Crippen LogP contribution is -2.13. The van der Waals surface area contributed by atoms with Crippen LogP contribution >= 0.6 is 0 Å². The number of aromatic nitrogens is 5. The fourth-order valence-electron chi connectivity index (χ4n) is 1.57. The van der Waals surface area contributed by atoms with Crippen LogP contribution in [0.2, 0.25) is 0 Å². The molecule has 2 rings (SSSR count). The molecule has 0 aliphatic carbocycles. The molecule has 0 fully saturated rings. The molecule has 0 radical (unpaired) electrons. The third-order valence-electron chi connectivity index (χ3n) is 2.56. The lowest BCUT2D eigenvalue weighted by Gasteiger charge is -2.07. The largest absolute Gasteiger partial charge is 0.382 e. The molecule has 0 saturated carbocycles. The first-order valence-corrected chi connectivity index (χ1v) is 6.60. The summed E-state index contributed by atoms with van der Waals surface area (Å²) in [5, 5.41) is 3.09. The van der Waals surface area contributed by atoms with Crippen LogP contribution in [-0.2, 0) is 9.47 Å². The molecule has 0 spiro atoms. The third-order valence-corrected chi connectivity index (χ3v) is 2.56. The fraction of sp³-hybridized carbons (Fsp3) is 0.500. The summed E-state index contributed by atoms with van der Waals surface area (Å²) in [5.74, 6) is 1.02. The van der Waals surface area contributed by atoms with E-state index in [9.17, 15) is 0 Å². The summed E-state index contributed by atoms with van der Waals surface area (Å²) in [4.78, 5) is 16.3. The molecule has 2 aromatic rings. The van der Waals surface area contributed by atoms with Crippen LogP contribution < -0.4 is 11.1 Å². The molecule has 114 valence electrons. The molecule has 0 bridgehead atoms. The van der Waals surface area contributed by atoms with Gasteiger partial charge in [-0.25, -0.2) is 4.98 Å². The van der Waals surface area contributed by atoms with Crippen LogP contribution in [0, 0.1) is 0 Å². The molecule has 0 amide bonds. The zero-order valence-electron chi connectivity index (χ0n) is 11.9. The average molecular weight is 293 g/mol. The molecular formula is C12H19N7O2. The van der Waals surface area contributed by atoms with Crippen LogP contribution in [0.4, 0.5) is 11.9 Å². The molecule has 2 heterocycles. The van der Waals surface area contributed by atoms with Crippen LogP contribution in [0.3, 0.4) is 0 Å². The Morgan fingerprint density at radius 1 is 1.24 bits per heavy atom. The second kappa shape index (κ2) is 8.12. The smallest absolute Gasteiger partial charge is 0.241 e. The molecule has 0 saturated heterocycles. The van der Waals surface area contributed by atoms with Crippen LogP contribution in [0.1, 0.15) is 6.42 Å². The van der Waals surface area contributed by atoms with Gasteiger partial charge in [-0.3, -0.25) is 4.57 Å². The van der Waals surface area contributed by atoms with E-state index in [-0.39, 0.29) is 5.95 Å². The van der Waals surface area contributed by atoms with Crippen molar-refractivity contribution in [3.8, 4) is 5.95 Å². The van der Waals surface area contributed by atoms with E-state index in [4.69, 9.17) is 15.2 Å². The predicted molar refractivity (Wildman–Crippen MR) is 77.2 cm³/mol. The third kappa shape index (κ3) is 4.97. The predicted octanol–water partition coefficient (Wildman–Crippen LogP) is 0.105. The Morgan fingerprint density at radius 2 is 2.14 bits per heavy atom. The Labute approximate surface area is 122 Å². The topological polar surface area (TPSA) is 113 Å². The zero-order valence-corrected chi connectivity index (χ0v) is 11.9. The summed E-state index contributed by atoms with van der Waals surface area (Å²) in [6, 6.07) is 0. The first kappa shape index (κ1) is 15.1. The Bertz CT molecular complexity index is 532. The summed E-state index contributed by atoms with van der Waals surface area (Å²) in [5.41, 5.74) is 5.68. The molecule has 21 heavy (non-hydrogen) atoms. The number of nitrogens with zero attached hydrogens (tertiary/aromatic N) is 5. The molecule has 0 unspecified atom stereocenters. The van der Waals surface area contributed by atoms with Gasteiger partial charge in [0.15, 0.2) is 0 Å². The average Bonchev–Trinajstić information content (AvgIpc) is 3.00. The van der Waals surface area contributed by atoms with Gasteiger partial charge < -0.3 is 20.5 Å². The first-order chi connectivity index (χ1) is 10.3. The molecule has 9 nitrogen and oxygen atoms in total. The number of hydrogen-bond acceptors (Lipinski definition) is 8. The van der Waals surface area contributed by atoms with Gasteiger partial charge in [0.1, 0.15) is 6.33 Å². The van der Waals surface area contributed by atoms with Crippen LogP contribution in [0.5, 0.6) is 0 Å². The first-order valence-electron chi connectivity index (χ1n) is 6.60. The monoisotopic (exact) mass is 293 g/mol. The van der Waals surface area contributed by atoms with Gasteiger partial charge in [-0.05, 0) is 6.42 Å². The Balaban J connectivity index is 1.81. The van der Waals surface area contributed by atoms with Gasteiger partial charge in [0.2, 0.25) is 17.8 Å². The van der Waals surface area contributed by atoms with Gasteiger partial charge >= 0.3 is 0 Å². The number of rotatable bonds is 9. The van der Waals surface area contributed by atoms with E-state index in [0.717, 1.165) is 6.42 Å². The lowest BCUT2D eigenvalue weighted by molar-refractivity contribution is 0.0705. The highest BCUT2D eigenvalue weighted by molar-refractivity contribution is 5.34. The van der Waals surface area contributed by atoms with Crippen LogP contribution in [0.15, 0.2) is 18.7 Å². The maximum absolute atomic E-state index is 5.68. The van der Waals surface area contributed by atoms with Crippen LogP contribution in [-0.4, -0.2) is 58.0 Å². The van der Waals surface area contributed by atoms with Crippen molar-refractivity contribution >= 4 is 11.9 Å². The highest BCUT2D eigenvalue weighted by Gasteiger charge is 2.05. The van der Waals surface area contributed by atoms with Crippen molar-refractivity contribution in [3.05, 3.63) is 18.7 Å². The molecule has 0 aliphatic heterocycles. The van der Waals surface area contributed by atoms with Gasteiger partial charge in [-0.1, -0.05) is 0 Å². The minimum atomic E-state index is 0.160. The van der Waals surface area contributed by atoms with E-state index in [1.165, 1.54) is 0 Å². The van der Waals surface area contributed by atoms with Gasteiger partial charge in [-0.2, -0.15) is 15.0 Å². The number of nitrogen functional groups attached to an aromatic ring is 1. The summed E-state index contributed by atoms with van der Waals surface area (Å²) >= 11 is 0. The number of methoxy groups -OCH3 is 1. The van der Waals surface area contributed by atoms with Crippen molar-refractivity contribution in [1.29, 1.82) is 0 Å². The molecule has 0 atom stereocenters. The summed E-state index contributed by atoms with van der Waals surface area (Å²) in [6.07, 6.45) is 5.81. The maximum atomic E-state index is 5.68. The van der Waals surface area contributed by atoms with Gasteiger partial charge in [0, 0.05) is 32.7 Å². The molecule has 2 aromatic heterocycles. The summed E-state index contributed by atoms with van der Waals surface area (Å²) in [6.45, 7) is 2.52. The van der Waals surface area contributed by atoms with Crippen molar-refractivity contribution in [3.63, 3.8) is 0 Å². The van der Waals surface area contributed by atoms with Gasteiger partial charge in [0.25, 0.3) is 0 Å². The van der Waals surface area contributed by atoms with Crippen LogP contribution in [0.25, 0.3) is 5.95 Å². The second-order valence-electron chi connectivity index (χ2n) is 4.17. The minimum Gasteiger partial charge on any atom is -0.382 e. The van der Waals surface area contributed by atoms with Crippen molar-refractivity contribution in [2.75, 3.05) is 44.5 Å². The van der Waals surface area contributed by atoms with E-state index in [0.29, 0.717) is 38.3 Å². The minimum absolute atomic E-state index is 0.160. The van der Waals surface area contributed by atoms with Gasteiger partial charge in [0.05, 0.1) is 13.2 Å². The highest BCUT2D eigenvalue weighted by Crippen LogP contribution is 2.06. The SMILES string of the molecule is COCCOCCCNc1nc(N)nc(-n2ccnc2)n1. The molecule has 0 aromatic carbocycles. The summed E-state index contributed by atoms with van der Waals surface area (Å²) < 4.78 is 11.9. The quantitative estimate of drug-likeness (QED) is 0.626. The number of nitrogens with one attached hydrogen (secondary N) is 1. The number of imidazole rings is 1. The Hall–Kier alpha value is -2.26. The molecule has 0 aliphatic rings. The lowest BCUT2D eigenvalue weighted by atomic mass is 10.4. The number of ether oxygens (including phenoxy) is 2. The molecule has 9 heteroatoms. The summed E-state index contributed by atoms with van der Waals surface area (Å²) in [7, 11) is 1.65. The Kier molecular flexibility index (Phi) is 5.85. The Morgan fingerprint density at radius 3 is 2.90 bits per heavy atom. The van der Waals surface area contributed by atoms with E-state index in [1.54, 1.807) is 30.4 Å². The highest BCUT2D eigenvalue weighted by atomic mass is 16.5. The van der Waals surface area contributed by atoms with E-state index < -0.39 is 0 Å². The van der Waals surface area contributed by atoms with Crippen molar-refractivity contribution in [1.82, 2.24) is 24.5 Å². The number of nitrogens with two attached hydrogens (primary N) is 1. The molecular weight excluding hydrogens is 274 g/mol. The van der Waals surface area contributed by atoms with Gasteiger partial charge in [-0.15, -0.1) is 0 Å². The van der Waals surface area contributed by atoms with Crippen molar-refractivity contribution < 1.29 is 9.47 Å². The second-order valence-corrected chi connectivity index (χ2v) is 4.17. The number of hydrogen-bond donors (Lipinski definition) is 2. The maximum Gasteiger partial charge on any atom is 0.241 e. The normalized spacial score (nSPS) is 10.7. The van der Waals surface area contributed by atoms with E-state index in [1.807, 2.05) is 0 Å². The van der Waals surface area contributed by atoms with Crippen molar-refractivity contribution in [2.24, 2.45) is 0 Å². The number of anilines is 2. The van der Waals surface area contributed by atoms with E-state index in [2.05, 4.69) is 25.3 Å². The standard InChI is InChI=1S/C12H19N7O2/c1-20-7-8-21-6-2-3-15-11-16-10(13)17-12(18-11)19-5-4-14-9-19/h4-5,9H,2-3,6-8H2,1H3,(H3,13,15,16,17,18). The van der Waals surface area contributed by atoms with Crippen molar-refractivity contribution in [2.45, 2.75) is 6.42 Å². The fourth-order valence-corrected chi connectivity index (χ4v) is 1.57. The zero-order chi connectivity index (χ0) is 14.9. The van der Waals surface area contributed by atoms with E-state index >= 15 is 0 Å². The molecule has 3 N–H and O–H groups in total.